The number of hydrogen-bond donors (Lipinski definition) is 0. The molecular weight excluding hydrogens is 327 g/mol. The first-order valence-corrected chi connectivity index (χ1v) is 7.36. The van der Waals surface area contributed by atoms with E-state index < -0.39 is 17.5 Å². The maximum Gasteiger partial charge on any atom is 0.416 e. The van der Waals surface area contributed by atoms with Crippen molar-refractivity contribution in [3.63, 3.8) is 0 Å². The van der Waals surface area contributed by atoms with Crippen molar-refractivity contribution in [2.45, 2.75) is 6.18 Å². The van der Waals surface area contributed by atoms with E-state index in [2.05, 4.69) is 4.98 Å². The van der Waals surface area contributed by atoms with Gasteiger partial charge in [0.2, 0.25) is 5.78 Å². The molecule has 0 amide bonds. The lowest BCUT2D eigenvalue weighted by atomic mass is 10.1. The van der Waals surface area contributed by atoms with Gasteiger partial charge in [-0.2, -0.15) is 13.2 Å². The molecule has 3 nitrogen and oxygen atoms in total. The van der Waals surface area contributed by atoms with Gasteiger partial charge in [-0.25, -0.2) is 4.98 Å². The van der Waals surface area contributed by atoms with Gasteiger partial charge in [-0.05, 0) is 30.3 Å². The van der Waals surface area contributed by atoms with E-state index in [1.54, 1.807) is 18.2 Å². The highest BCUT2D eigenvalue weighted by Crippen LogP contribution is 2.30. The van der Waals surface area contributed by atoms with E-state index in [1.165, 1.54) is 18.4 Å². The molecule has 2 aromatic carbocycles. The molecule has 118 valence electrons. The van der Waals surface area contributed by atoms with Crippen molar-refractivity contribution < 1.29 is 22.7 Å². The zero-order valence-electron chi connectivity index (χ0n) is 11.8. The van der Waals surface area contributed by atoms with Gasteiger partial charge in [0.15, 0.2) is 5.01 Å². The van der Waals surface area contributed by atoms with Gasteiger partial charge in [-0.1, -0.05) is 12.1 Å². The fraction of sp³-hybridized carbons (Fsp3) is 0.125. The average molecular weight is 337 g/mol. The summed E-state index contributed by atoms with van der Waals surface area (Å²) in [6.45, 7) is 0. The number of thiazole rings is 1. The van der Waals surface area contributed by atoms with Crippen LogP contribution in [-0.2, 0) is 6.18 Å². The fourth-order valence-corrected chi connectivity index (χ4v) is 3.02. The highest BCUT2D eigenvalue weighted by Gasteiger charge is 2.30. The van der Waals surface area contributed by atoms with Crippen LogP contribution in [0, 0.1) is 0 Å². The molecule has 0 atom stereocenters. The van der Waals surface area contributed by atoms with Crippen LogP contribution in [0.5, 0.6) is 5.75 Å². The Kier molecular flexibility index (Phi) is 3.81. The molecule has 0 N–H and O–H groups in total. The van der Waals surface area contributed by atoms with E-state index in [-0.39, 0.29) is 10.6 Å². The van der Waals surface area contributed by atoms with Gasteiger partial charge in [0.25, 0.3) is 0 Å². The molecule has 0 radical (unpaired) electrons. The van der Waals surface area contributed by atoms with Crippen molar-refractivity contribution >= 4 is 27.3 Å². The Bertz CT molecular complexity index is 869. The lowest BCUT2D eigenvalue weighted by Crippen LogP contribution is -2.06. The van der Waals surface area contributed by atoms with Crippen LogP contribution in [0.2, 0.25) is 0 Å². The highest BCUT2D eigenvalue weighted by molar-refractivity contribution is 7.20. The van der Waals surface area contributed by atoms with Crippen LogP contribution in [0.1, 0.15) is 20.9 Å². The summed E-state index contributed by atoms with van der Waals surface area (Å²) in [4.78, 5) is 16.6. The number of methoxy groups -OCH3 is 1. The number of alkyl halides is 3. The highest BCUT2D eigenvalue weighted by atomic mass is 32.1. The number of aromatic nitrogens is 1. The smallest absolute Gasteiger partial charge is 0.416 e. The van der Waals surface area contributed by atoms with Crippen LogP contribution in [0.25, 0.3) is 10.2 Å². The standard InChI is InChI=1S/C16H10F3NO2S/c1-22-11-6-7-12-13(8-11)23-15(20-12)14(21)9-2-4-10(5-3-9)16(17,18)19/h2-8H,1H3. The largest absolute Gasteiger partial charge is 0.497 e. The summed E-state index contributed by atoms with van der Waals surface area (Å²) in [7, 11) is 1.54. The summed E-state index contributed by atoms with van der Waals surface area (Å²) in [5.41, 5.74) is 0.0261. The van der Waals surface area contributed by atoms with E-state index in [1.807, 2.05) is 0 Å². The molecule has 0 saturated carbocycles. The van der Waals surface area contributed by atoms with Gasteiger partial charge in [0.05, 0.1) is 22.9 Å². The molecule has 0 spiro atoms. The predicted molar refractivity (Wildman–Crippen MR) is 81.0 cm³/mol. The van der Waals surface area contributed by atoms with Gasteiger partial charge in [-0.15, -0.1) is 11.3 Å². The van der Waals surface area contributed by atoms with Crippen LogP contribution in [0.3, 0.4) is 0 Å². The molecule has 0 bridgehead atoms. The van der Waals surface area contributed by atoms with Crippen LogP contribution >= 0.6 is 11.3 Å². The third kappa shape index (κ3) is 3.05. The molecule has 1 aromatic heterocycles. The van der Waals surface area contributed by atoms with Crippen molar-refractivity contribution in [1.82, 2.24) is 4.98 Å². The van der Waals surface area contributed by atoms with Crippen LogP contribution in [-0.4, -0.2) is 17.9 Å². The summed E-state index contributed by atoms with van der Waals surface area (Å²) in [6, 6.07) is 9.34. The third-order valence-corrected chi connectivity index (χ3v) is 4.28. The van der Waals surface area contributed by atoms with E-state index in [4.69, 9.17) is 4.74 Å². The molecule has 0 fully saturated rings. The van der Waals surface area contributed by atoms with Crippen molar-refractivity contribution in [2.75, 3.05) is 7.11 Å². The number of nitrogens with zero attached hydrogens (tertiary/aromatic N) is 1. The molecule has 3 aromatic rings. The maximum atomic E-state index is 12.5. The Labute approximate surface area is 133 Å². The molecular formula is C16H10F3NO2S. The second kappa shape index (κ2) is 5.66. The SMILES string of the molecule is COc1ccc2nc(C(=O)c3ccc(C(F)(F)F)cc3)sc2c1. The molecule has 0 aliphatic carbocycles. The summed E-state index contributed by atoms with van der Waals surface area (Å²) >= 11 is 1.18. The Hall–Kier alpha value is -2.41. The minimum absolute atomic E-state index is 0.170. The summed E-state index contributed by atoms with van der Waals surface area (Å²) in [5.74, 6) is 0.244. The summed E-state index contributed by atoms with van der Waals surface area (Å²) < 4.78 is 43.5. The summed E-state index contributed by atoms with van der Waals surface area (Å²) in [5, 5.41) is 0.230. The lowest BCUT2D eigenvalue weighted by molar-refractivity contribution is -0.137. The number of carbonyl (C=O) groups excluding carboxylic acids is 1. The van der Waals surface area contributed by atoms with E-state index in [0.717, 1.165) is 29.0 Å². The maximum absolute atomic E-state index is 12.5. The number of ketones is 1. The normalized spacial score (nSPS) is 11.7. The second-order valence-corrected chi connectivity index (χ2v) is 5.79. The van der Waals surface area contributed by atoms with Gasteiger partial charge >= 0.3 is 6.18 Å². The van der Waals surface area contributed by atoms with Crippen molar-refractivity contribution in [3.05, 3.63) is 58.6 Å². The lowest BCUT2D eigenvalue weighted by Gasteiger charge is -2.06. The van der Waals surface area contributed by atoms with Crippen LogP contribution in [0.4, 0.5) is 13.2 Å². The molecule has 23 heavy (non-hydrogen) atoms. The zero-order valence-corrected chi connectivity index (χ0v) is 12.7. The number of hydrogen-bond acceptors (Lipinski definition) is 4. The van der Waals surface area contributed by atoms with E-state index in [9.17, 15) is 18.0 Å². The minimum atomic E-state index is -4.42. The Morgan fingerprint density at radius 3 is 2.43 bits per heavy atom. The number of halogens is 3. The minimum Gasteiger partial charge on any atom is -0.497 e. The first-order chi connectivity index (χ1) is 10.9. The van der Waals surface area contributed by atoms with Crippen molar-refractivity contribution in [2.24, 2.45) is 0 Å². The fourth-order valence-electron chi connectivity index (χ4n) is 2.06. The number of carbonyl (C=O) groups is 1. The number of ether oxygens (including phenoxy) is 1. The number of fused-ring (bicyclic) bond motifs is 1. The Balaban J connectivity index is 1.93. The van der Waals surface area contributed by atoms with E-state index in [0.29, 0.717) is 11.3 Å². The van der Waals surface area contributed by atoms with Crippen LogP contribution < -0.4 is 4.74 Å². The van der Waals surface area contributed by atoms with E-state index >= 15 is 0 Å². The molecule has 0 aliphatic heterocycles. The van der Waals surface area contributed by atoms with Crippen molar-refractivity contribution in [1.29, 1.82) is 0 Å². The van der Waals surface area contributed by atoms with Crippen molar-refractivity contribution in [3.8, 4) is 5.75 Å². The predicted octanol–water partition coefficient (Wildman–Crippen LogP) is 4.55. The first kappa shape index (κ1) is 15.5. The van der Waals surface area contributed by atoms with Gasteiger partial charge in [0, 0.05) is 5.56 Å². The van der Waals surface area contributed by atoms with Gasteiger partial charge in [-0.3, -0.25) is 4.79 Å². The topological polar surface area (TPSA) is 39.2 Å². The molecule has 0 aliphatic rings. The second-order valence-electron chi connectivity index (χ2n) is 4.76. The molecule has 0 saturated heterocycles. The number of rotatable bonds is 3. The third-order valence-electron chi connectivity index (χ3n) is 3.26. The molecule has 3 rings (SSSR count). The monoisotopic (exact) mass is 337 g/mol. The quantitative estimate of drug-likeness (QED) is 0.658. The molecule has 0 unspecified atom stereocenters. The Morgan fingerprint density at radius 2 is 1.83 bits per heavy atom. The number of benzene rings is 2. The van der Waals surface area contributed by atoms with Gasteiger partial charge < -0.3 is 4.74 Å². The average Bonchev–Trinajstić information content (AvgIpc) is 2.96. The molecule has 1 heterocycles. The summed E-state index contributed by atoms with van der Waals surface area (Å²) in [6.07, 6.45) is -4.42. The van der Waals surface area contributed by atoms with Crippen LogP contribution in [0.15, 0.2) is 42.5 Å². The Morgan fingerprint density at radius 1 is 1.13 bits per heavy atom. The molecule has 7 heteroatoms. The zero-order chi connectivity index (χ0) is 16.6. The first-order valence-electron chi connectivity index (χ1n) is 6.55. The van der Waals surface area contributed by atoms with Gasteiger partial charge in [0.1, 0.15) is 5.75 Å².